The van der Waals surface area contributed by atoms with Gasteiger partial charge in [0.2, 0.25) is 5.95 Å². The monoisotopic (exact) mass is 648 g/mol. The number of hydrogen-bond acceptors (Lipinski definition) is 15. The van der Waals surface area contributed by atoms with Gasteiger partial charge < -0.3 is 39.8 Å². The standard InChI is InChI=1S/C20H23F2N10O9PS/c21-8-6(1-2-33)39-19(32-15-11(29-30-32)17(36)28-20(23)27-15)13(8)41-42(37,43)38-3-7-12(34)9(22)18(40-7)31-5-26-10-14(31)24-4-25-16(10)35/h4-9,12-13,18-19,33-34H,1-3H2,(H,37,43)(H,24,25,35)(H3,23,27,28,36)/t6-,7-,8-,9+,12-,13-,18-,19-,42?/m1/s1. The van der Waals surface area contributed by atoms with Crippen LogP contribution < -0.4 is 16.9 Å². The van der Waals surface area contributed by atoms with Gasteiger partial charge >= 0.3 is 6.72 Å². The largest absolute Gasteiger partial charge is 0.396 e. The maximum atomic E-state index is 15.5. The lowest BCUT2D eigenvalue weighted by atomic mass is 10.1. The number of nitrogens with zero attached hydrogens (tertiary/aromatic N) is 7. The molecule has 19 nitrogen and oxygen atoms in total. The molecule has 4 aromatic heterocycles. The van der Waals surface area contributed by atoms with E-state index in [4.69, 9.17) is 36.1 Å². The summed E-state index contributed by atoms with van der Waals surface area (Å²) < 4.78 is 54.7. The first kappa shape index (κ1) is 29.7. The van der Waals surface area contributed by atoms with Crippen molar-refractivity contribution < 1.29 is 42.4 Å². The van der Waals surface area contributed by atoms with Crippen molar-refractivity contribution in [1.82, 2.24) is 44.5 Å². The maximum Gasteiger partial charge on any atom is 0.325 e. The van der Waals surface area contributed by atoms with Crippen LogP contribution >= 0.6 is 6.72 Å². The Morgan fingerprint density at radius 1 is 1.12 bits per heavy atom. The number of rotatable bonds is 9. The molecule has 7 N–H and O–H groups in total. The number of aliphatic hydroxyl groups excluding tert-OH is 2. The predicted octanol–water partition coefficient (Wildman–Crippen LogP) is -1.94. The summed E-state index contributed by atoms with van der Waals surface area (Å²) in [5, 5.41) is 27.3. The highest BCUT2D eigenvalue weighted by Crippen LogP contribution is 2.51. The molecule has 2 fully saturated rings. The third-order valence-corrected chi connectivity index (χ3v) is 8.42. The summed E-state index contributed by atoms with van der Waals surface area (Å²) in [5.74, 6) is -0.290. The van der Waals surface area contributed by atoms with E-state index in [2.05, 4.69) is 35.2 Å². The van der Waals surface area contributed by atoms with Crippen molar-refractivity contribution >= 4 is 46.8 Å². The molecule has 0 spiro atoms. The molecule has 0 saturated carbocycles. The van der Waals surface area contributed by atoms with Gasteiger partial charge in [0.15, 0.2) is 47.1 Å². The van der Waals surface area contributed by atoms with Crippen LogP contribution in [0.25, 0.3) is 22.3 Å². The van der Waals surface area contributed by atoms with E-state index in [0.29, 0.717) is 0 Å². The number of nitrogens with two attached hydrogens (primary N) is 1. The number of alkyl halides is 2. The first-order valence-electron chi connectivity index (χ1n) is 12.5. The number of aromatic nitrogens is 9. The summed E-state index contributed by atoms with van der Waals surface area (Å²) in [7, 11) is 0. The second-order valence-electron chi connectivity index (χ2n) is 9.57. The molecule has 6 heterocycles. The van der Waals surface area contributed by atoms with Gasteiger partial charge in [0.05, 0.1) is 25.4 Å². The molecule has 4 aromatic rings. The van der Waals surface area contributed by atoms with E-state index in [9.17, 15) is 24.7 Å². The van der Waals surface area contributed by atoms with E-state index >= 15 is 8.78 Å². The van der Waals surface area contributed by atoms with Crippen LogP contribution in [0.5, 0.6) is 0 Å². The fraction of sp³-hybridized carbons (Fsp3) is 0.550. The fourth-order valence-electron chi connectivity index (χ4n) is 4.86. The van der Waals surface area contributed by atoms with Crippen molar-refractivity contribution in [3.05, 3.63) is 33.4 Å². The molecule has 0 radical (unpaired) electrons. The number of imidazole rings is 1. The number of nitrogen functional groups attached to an aromatic ring is 1. The third kappa shape index (κ3) is 5.34. The lowest BCUT2D eigenvalue weighted by molar-refractivity contribution is -0.0553. The van der Waals surface area contributed by atoms with Crippen LogP contribution in [0.3, 0.4) is 0 Å². The first-order valence-corrected chi connectivity index (χ1v) is 15.1. The van der Waals surface area contributed by atoms with Gasteiger partial charge in [0.25, 0.3) is 11.1 Å². The van der Waals surface area contributed by atoms with Crippen molar-refractivity contribution in [2.75, 3.05) is 18.9 Å². The predicted molar refractivity (Wildman–Crippen MR) is 141 cm³/mol. The normalized spacial score (nSPS) is 30.8. The molecule has 0 aliphatic carbocycles. The highest BCUT2D eigenvalue weighted by Gasteiger charge is 2.51. The van der Waals surface area contributed by atoms with Gasteiger partial charge in [-0.2, -0.15) is 9.67 Å². The smallest absolute Gasteiger partial charge is 0.325 e. The number of nitrogens with one attached hydrogen (secondary N) is 2. The van der Waals surface area contributed by atoms with Gasteiger partial charge in [-0.25, -0.2) is 18.7 Å². The van der Waals surface area contributed by atoms with Gasteiger partial charge in [0.1, 0.15) is 18.3 Å². The lowest BCUT2D eigenvalue weighted by Crippen LogP contribution is -2.33. The van der Waals surface area contributed by atoms with E-state index < -0.39 is 80.3 Å². The highest BCUT2D eigenvalue weighted by molar-refractivity contribution is 8.07. The number of aliphatic hydroxyl groups is 2. The van der Waals surface area contributed by atoms with Crippen molar-refractivity contribution in [3.63, 3.8) is 0 Å². The minimum absolute atomic E-state index is 0.00153. The number of hydrogen-bond donors (Lipinski definition) is 6. The Hall–Kier alpha value is -3.34. The van der Waals surface area contributed by atoms with Crippen LogP contribution in [0.1, 0.15) is 18.9 Å². The molecule has 9 atom stereocenters. The van der Waals surface area contributed by atoms with Crippen LogP contribution in [-0.4, -0.2) is 110 Å². The van der Waals surface area contributed by atoms with E-state index in [-0.39, 0.29) is 34.7 Å². The Balaban J connectivity index is 1.20. The SMILES string of the molecule is Nc1nc2c(nnn2[C@@H]2O[C@H](CCO)[C@@H](F)[C@H]2OP(O)(=S)OC[C@H]2O[C@@H](n3cnc4c(=O)[nH]cnc43)[C@@H](F)[C@@H]2O)c(=O)[nH]1. The zero-order valence-corrected chi connectivity index (χ0v) is 23.2. The van der Waals surface area contributed by atoms with Gasteiger partial charge in [-0.3, -0.25) is 23.7 Å². The maximum absolute atomic E-state index is 15.5. The van der Waals surface area contributed by atoms with Crippen LogP contribution in [0.4, 0.5) is 14.7 Å². The Labute approximate surface area is 241 Å². The first-order chi connectivity index (χ1) is 20.5. The molecule has 2 aliphatic heterocycles. The summed E-state index contributed by atoms with van der Waals surface area (Å²) >= 11 is 5.07. The van der Waals surface area contributed by atoms with E-state index in [0.717, 1.165) is 21.9 Å². The van der Waals surface area contributed by atoms with Gasteiger partial charge in [0, 0.05) is 6.61 Å². The number of H-pyrrole nitrogens is 2. The number of anilines is 1. The Bertz CT molecular complexity index is 1820. The molecule has 2 aliphatic rings. The summed E-state index contributed by atoms with van der Waals surface area (Å²) in [6.07, 6.45) is -11.1. The molecule has 0 bridgehead atoms. The number of ether oxygens (including phenoxy) is 2. The molecular formula is C20H23F2N10O9PS. The van der Waals surface area contributed by atoms with Gasteiger partial charge in [-0.15, -0.1) is 5.10 Å². The van der Waals surface area contributed by atoms with Crippen molar-refractivity contribution in [2.24, 2.45) is 0 Å². The molecule has 232 valence electrons. The molecule has 2 saturated heterocycles. The molecule has 0 amide bonds. The molecule has 1 unspecified atom stereocenters. The summed E-state index contributed by atoms with van der Waals surface area (Å²) in [4.78, 5) is 51.4. The van der Waals surface area contributed by atoms with Gasteiger partial charge in [-0.1, -0.05) is 5.21 Å². The number of fused-ring (bicyclic) bond motifs is 2. The molecule has 23 heteroatoms. The Morgan fingerprint density at radius 3 is 2.65 bits per heavy atom. The third-order valence-electron chi connectivity index (χ3n) is 6.86. The topological polar surface area (TPSA) is 264 Å². The van der Waals surface area contributed by atoms with Crippen LogP contribution in [0.15, 0.2) is 22.2 Å². The Kier molecular flexibility index (Phi) is 7.81. The molecular weight excluding hydrogens is 625 g/mol. The average Bonchev–Trinajstić information content (AvgIpc) is 3.71. The van der Waals surface area contributed by atoms with E-state index in [1.165, 1.54) is 0 Å². The lowest BCUT2D eigenvalue weighted by Gasteiger charge is -2.25. The zero-order valence-electron chi connectivity index (χ0n) is 21.5. The van der Waals surface area contributed by atoms with Gasteiger partial charge in [-0.05, 0) is 18.2 Å². The van der Waals surface area contributed by atoms with Crippen LogP contribution in [-0.2, 0) is 30.3 Å². The number of aromatic amines is 2. The summed E-state index contributed by atoms with van der Waals surface area (Å²) in [5.41, 5.74) is 3.81. The van der Waals surface area contributed by atoms with Crippen molar-refractivity contribution in [1.29, 1.82) is 0 Å². The molecule has 43 heavy (non-hydrogen) atoms. The van der Waals surface area contributed by atoms with Crippen LogP contribution in [0, 0.1) is 0 Å². The fourth-order valence-corrected chi connectivity index (χ4v) is 6.26. The molecule has 0 aromatic carbocycles. The quantitative estimate of drug-likeness (QED) is 0.108. The van der Waals surface area contributed by atoms with Crippen LogP contribution in [0.2, 0.25) is 0 Å². The van der Waals surface area contributed by atoms with Crippen molar-refractivity contribution in [3.8, 4) is 0 Å². The number of halogens is 2. The summed E-state index contributed by atoms with van der Waals surface area (Å²) in [6, 6.07) is 0. The van der Waals surface area contributed by atoms with E-state index in [1.807, 2.05) is 0 Å². The van der Waals surface area contributed by atoms with Crippen molar-refractivity contribution in [2.45, 2.75) is 55.6 Å². The summed E-state index contributed by atoms with van der Waals surface area (Å²) in [6.45, 7) is -5.54. The minimum atomic E-state index is -4.38. The minimum Gasteiger partial charge on any atom is -0.396 e. The Morgan fingerprint density at radius 2 is 1.88 bits per heavy atom. The second-order valence-corrected chi connectivity index (χ2v) is 12.4. The zero-order chi connectivity index (χ0) is 30.6. The average molecular weight is 649 g/mol. The second kappa shape index (κ2) is 11.3. The van der Waals surface area contributed by atoms with E-state index in [1.54, 1.807) is 0 Å². The highest BCUT2D eigenvalue weighted by atomic mass is 32.5. The molecule has 6 rings (SSSR count).